The molecule has 4 heterocycles. The Morgan fingerprint density at radius 2 is 2.25 bits per heavy atom. The summed E-state index contributed by atoms with van der Waals surface area (Å²) in [6, 6.07) is 4.22. The van der Waals surface area contributed by atoms with Crippen LogP contribution >= 0.6 is 0 Å². The smallest absolute Gasteiger partial charge is 0.257 e. The zero-order valence-electron chi connectivity index (χ0n) is 13.6. The first-order valence-electron chi connectivity index (χ1n) is 8.60. The minimum absolute atomic E-state index is 0.0740. The second-order valence-corrected chi connectivity index (χ2v) is 6.63. The Kier molecular flexibility index (Phi) is 4.25. The lowest BCUT2D eigenvalue weighted by Crippen LogP contribution is -2.47. The third-order valence-corrected chi connectivity index (χ3v) is 4.97. The Morgan fingerprint density at radius 1 is 1.38 bits per heavy atom. The van der Waals surface area contributed by atoms with Crippen molar-refractivity contribution in [3.63, 3.8) is 0 Å². The van der Waals surface area contributed by atoms with Gasteiger partial charge in [0, 0.05) is 50.7 Å². The second kappa shape index (κ2) is 6.68. The predicted molar refractivity (Wildman–Crippen MR) is 89.8 cm³/mol. The van der Waals surface area contributed by atoms with E-state index < -0.39 is 0 Å². The number of rotatable bonds is 4. The number of nitrogens with zero attached hydrogens (tertiary/aromatic N) is 3. The largest absolute Gasteiger partial charge is 0.472 e. The number of furan rings is 1. The van der Waals surface area contributed by atoms with Gasteiger partial charge in [-0.15, -0.1) is 0 Å². The first-order chi connectivity index (χ1) is 11.8. The molecule has 1 fully saturated rings. The van der Waals surface area contributed by atoms with Gasteiger partial charge in [0.15, 0.2) is 0 Å². The summed E-state index contributed by atoms with van der Waals surface area (Å²) in [6.45, 7) is 4.52. The Bertz CT molecular complexity index is 673. The number of carbonyl (C=O) groups is 1. The van der Waals surface area contributed by atoms with E-state index in [1.165, 1.54) is 6.26 Å². The number of fused-ring (bicyclic) bond motifs is 1. The Balaban J connectivity index is 1.22. The maximum atomic E-state index is 12.3. The van der Waals surface area contributed by atoms with Crippen molar-refractivity contribution in [2.45, 2.75) is 25.4 Å². The highest BCUT2D eigenvalue weighted by Crippen LogP contribution is 2.18. The SMILES string of the molecule is O=C(c1ccoc1)N1CCC(NC[C@H]2CNc3ccnn3C2)CC1. The van der Waals surface area contributed by atoms with Gasteiger partial charge in [0.1, 0.15) is 12.1 Å². The number of likely N-dealkylation sites (tertiary alicyclic amines) is 1. The molecule has 2 aliphatic rings. The van der Waals surface area contributed by atoms with E-state index in [1.54, 1.807) is 12.3 Å². The van der Waals surface area contributed by atoms with E-state index in [1.807, 2.05) is 21.8 Å². The third-order valence-electron chi connectivity index (χ3n) is 4.97. The first-order valence-corrected chi connectivity index (χ1v) is 8.60. The molecule has 0 spiro atoms. The van der Waals surface area contributed by atoms with Crippen LogP contribution in [0.4, 0.5) is 5.82 Å². The Morgan fingerprint density at radius 3 is 3.04 bits per heavy atom. The number of carbonyl (C=O) groups excluding carboxylic acids is 1. The highest BCUT2D eigenvalue weighted by atomic mass is 16.3. The summed E-state index contributed by atoms with van der Waals surface area (Å²) in [5.41, 5.74) is 0.643. The summed E-state index contributed by atoms with van der Waals surface area (Å²) >= 11 is 0. The number of piperidine rings is 1. The fourth-order valence-corrected chi connectivity index (χ4v) is 3.51. The third kappa shape index (κ3) is 3.17. The van der Waals surface area contributed by atoms with Gasteiger partial charge >= 0.3 is 0 Å². The average molecular weight is 329 g/mol. The van der Waals surface area contributed by atoms with Gasteiger partial charge in [-0.05, 0) is 18.9 Å². The molecule has 0 unspecified atom stereocenters. The molecule has 2 aromatic heterocycles. The van der Waals surface area contributed by atoms with Gasteiger partial charge in [-0.1, -0.05) is 0 Å². The summed E-state index contributed by atoms with van der Waals surface area (Å²) in [7, 11) is 0. The van der Waals surface area contributed by atoms with Crippen LogP contribution in [0.1, 0.15) is 23.2 Å². The zero-order valence-corrected chi connectivity index (χ0v) is 13.6. The quantitative estimate of drug-likeness (QED) is 0.887. The monoisotopic (exact) mass is 329 g/mol. The maximum Gasteiger partial charge on any atom is 0.257 e. The standard InChI is InChI=1S/C17H23N5O2/c23-17(14-4-8-24-12-14)21-6-2-15(3-7-21)18-9-13-10-19-16-1-5-20-22(16)11-13/h1,4-5,8,12-13,15,18-19H,2-3,6-7,9-11H2/t13-/m0/s1. The zero-order chi connectivity index (χ0) is 16.4. The second-order valence-electron chi connectivity index (χ2n) is 6.63. The van der Waals surface area contributed by atoms with Gasteiger partial charge in [-0.2, -0.15) is 5.10 Å². The first kappa shape index (κ1) is 15.3. The maximum absolute atomic E-state index is 12.3. The van der Waals surface area contributed by atoms with Crippen LogP contribution in [0.25, 0.3) is 0 Å². The minimum Gasteiger partial charge on any atom is -0.472 e. The molecule has 2 N–H and O–H groups in total. The van der Waals surface area contributed by atoms with Crippen LogP contribution in [0.15, 0.2) is 35.3 Å². The van der Waals surface area contributed by atoms with Crippen LogP contribution in [0.2, 0.25) is 0 Å². The average Bonchev–Trinajstić information content (AvgIpc) is 3.31. The van der Waals surface area contributed by atoms with Gasteiger partial charge in [0.05, 0.1) is 18.0 Å². The molecular formula is C17H23N5O2. The van der Waals surface area contributed by atoms with Gasteiger partial charge in [-0.25, -0.2) is 4.68 Å². The number of hydrogen-bond donors (Lipinski definition) is 2. The molecular weight excluding hydrogens is 306 g/mol. The summed E-state index contributed by atoms with van der Waals surface area (Å²) < 4.78 is 7.03. The summed E-state index contributed by atoms with van der Waals surface area (Å²) in [5, 5.41) is 11.4. The molecule has 0 saturated carbocycles. The molecule has 128 valence electrons. The lowest BCUT2D eigenvalue weighted by Gasteiger charge is -2.33. The highest BCUT2D eigenvalue weighted by molar-refractivity contribution is 5.93. The topological polar surface area (TPSA) is 75.3 Å². The van der Waals surface area contributed by atoms with E-state index >= 15 is 0 Å². The van der Waals surface area contributed by atoms with Crippen molar-refractivity contribution in [3.8, 4) is 0 Å². The molecule has 0 radical (unpaired) electrons. The van der Waals surface area contributed by atoms with E-state index in [4.69, 9.17) is 4.42 Å². The van der Waals surface area contributed by atoms with Gasteiger partial charge < -0.3 is 20.0 Å². The van der Waals surface area contributed by atoms with E-state index in [0.717, 1.165) is 51.4 Å². The van der Waals surface area contributed by atoms with E-state index in [2.05, 4.69) is 15.7 Å². The molecule has 0 aliphatic carbocycles. The van der Waals surface area contributed by atoms with Gasteiger partial charge in [-0.3, -0.25) is 4.79 Å². The van der Waals surface area contributed by atoms with Crippen LogP contribution < -0.4 is 10.6 Å². The Hall–Kier alpha value is -2.28. The van der Waals surface area contributed by atoms with Crippen molar-refractivity contribution >= 4 is 11.7 Å². The molecule has 0 bridgehead atoms. The van der Waals surface area contributed by atoms with Crippen molar-refractivity contribution in [1.82, 2.24) is 20.0 Å². The van der Waals surface area contributed by atoms with Crippen molar-refractivity contribution in [2.75, 3.05) is 31.5 Å². The van der Waals surface area contributed by atoms with Crippen molar-refractivity contribution in [2.24, 2.45) is 5.92 Å². The molecule has 1 saturated heterocycles. The minimum atomic E-state index is 0.0740. The molecule has 1 amide bonds. The number of nitrogens with one attached hydrogen (secondary N) is 2. The van der Waals surface area contributed by atoms with Crippen molar-refractivity contribution < 1.29 is 9.21 Å². The number of anilines is 1. The highest BCUT2D eigenvalue weighted by Gasteiger charge is 2.25. The van der Waals surface area contributed by atoms with Crippen LogP contribution in [-0.2, 0) is 6.54 Å². The van der Waals surface area contributed by atoms with Crippen LogP contribution in [-0.4, -0.2) is 52.8 Å². The molecule has 2 aromatic rings. The molecule has 2 aliphatic heterocycles. The molecule has 4 rings (SSSR count). The van der Waals surface area contributed by atoms with Crippen LogP contribution in [0.3, 0.4) is 0 Å². The van der Waals surface area contributed by atoms with E-state index in [-0.39, 0.29) is 5.91 Å². The molecule has 7 heteroatoms. The molecule has 1 atom stereocenters. The van der Waals surface area contributed by atoms with Crippen LogP contribution in [0.5, 0.6) is 0 Å². The normalized spacial score (nSPS) is 21.3. The fraction of sp³-hybridized carbons (Fsp3) is 0.529. The number of amides is 1. The number of hydrogen-bond acceptors (Lipinski definition) is 5. The molecule has 0 aromatic carbocycles. The Labute approximate surface area is 141 Å². The summed E-state index contributed by atoms with van der Waals surface area (Å²) in [5.74, 6) is 1.73. The van der Waals surface area contributed by atoms with E-state index in [9.17, 15) is 4.79 Å². The number of aromatic nitrogens is 2. The summed E-state index contributed by atoms with van der Waals surface area (Å²) in [4.78, 5) is 14.2. The van der Waals surface area contributed by atoms with Gasteiger partial charge in [0.2, 0.25) is 0 Å². The fourth-order valence-electron chi connectivity index (χ4n) is 3.51. The van der Waals surface area contributed by atoms with Crippen LogP contribution in [0, 0.1) is 5.92 Å². The lowest BCUT2D eigenvalue weighted by molar-refractivity contribution is 0.0703. The van der Waals surface area contributed by atoms with Crippen molar-refractivity contribution in [3.05, 3.63) is 36.4 Å². The summed E-state index contributed by atoms with van der Waals surface area (Å²) in [6.07, 6.45) is 6.90. The molecule has 24 heavy (non-hydrogen) atoms. The predicted octanol–water partition coefficient (Wildman–Crippen LogP) is 1.41. The molecule has 7 nitrogen and oxygen atoms in total. The van der Waals surface area contributed by atoms with Gasteiger partial charge in [0.25, 0.3) is 5.91 Å². The van der Waals surface area contributed by atoms with Crippen molar-refractivity contribution in [1.29, 1.82) is 0 Å². The lowest BCUT2D eigenvalue weighted by atomic mass is 10.0. The van der Waals surface area contributed by atoms with E-state index in [0.29, 0.717) is 17.5 Å².